The zero-order chi connectivity index (χ0) is 15.5. The van der Waals surface area contributed by atoms with Gasteiger partial charge in [0, 0.05) is 22.3 Å². The maximum Gasteiger partial charge on any atom is 0.227 e. The molecule has 0 spiro atoms. The fourth-order valence-corrected chi connectivity index (χ4v) is 2.33. The van der Waals surface area contributed by atoms with Gasteiger partial charge in [0.2, 0.25) is 5.91 Å². The molecule has 2 aromatic carbocycles. The lowest BCUT2D eigenvalue weighted by Crippen LogP contribution is -2.13. The van der Waals surface area contributed by atoms with Crippen LogP contribution in [0.15, 0.2) is 42.5 Å². The zero-order valence-electron chi connectivity index (χ0n) is 12.2. The van der Waals surface area contributed by atoms with E-state index in [1.807, 2.05) is 36.4 Å². The van der Waals surface area contributed by atoms with Crippen LogP contribution in [0, 0.1) is 5.92 Å². The van der Waals surface area contributed by atoms with E-state index in [0.717, 1.165) is 35.7 Å². The number of ether oxygens (including phenoxy) is 1. The molecule has 5 heteroatoms. The van der Waals surface area contributed by atoms with Gasteiger partial charge in [-0.15, -0.1) is 0 Å². The van der Waals surface area contributed by atoms with Crippen LogP contribution in [0.3, 0.4) is 0 Å². The van der Waals surface area contributed by atoms with Crippen molar-refractivity contribution in [3.63, 3.8) is 0 Å². The van der Waals surface area contributed by atoms with Gasteiger partial charge in [0.1, 0.15) is 5.75 Å². The van der Waals surface area contributed by atoms with Crippen LogP contribution in [-0.2, 0) is 4.79 Å². The first-order chi connectivity index (χ1) is 10.7. The standard InChI is InChI=1S/C17H17ClN2O2/c1-22-16-9-4-12(18)10-15(16)19-13-5-7-14(8-6-13)20-17(21)11-2-3-11/h4-11,19H,2-3H2,1H3,(H,20,21). The van der Waals surface area contributed by atoms with Gasteiger partial charge < -0.3 is 15.4 Å². The number of anilines is 3. The first kappa shape index (κ1) is 14.7. The van der Waals surface area contributed by atoms with Crippen molar-refractivity contribution >= 4 is 34.6 Å². The molecule has 1 aliphatic rings. The van der Waals surface area contributed by atoms with Crippen molar-refractivity contribution in [2.45, 2.75) is 12.8 Å². The summed E-state index contributed by atoms with van der Waals surface area (Å²) in [4.78, 5) is 11.7. The molecule has 1 saturated carbocycles. The highest BCUT2D eigenvalue weighted by atomic mass is 35.5. The number of halogens is 1. The number of rotatable bonds is 5. The molecule has 0 aliphatic heterocycles. The maximum atomic E-state index is 11.7. The second-order valence-corrected chi connectivity index (χ2v) is 5.75. The maximum absolute atomic E-state index is 11.7. The summed E-state index contributed by atoms with van der Waals surface area (Å²) in [6, 6.07) is 13.0. The van der Waals surface area contributed by atoms with Gasteiger partial charge in [0.15, 0.2) is 0 Å². The van der Waals surface area contributed by atoms with Gasteiger partial charge in [-0.25, -0.2) is 0 Å². The van der Waals surface area contributed by atoms with Crippen LogP contribution in [0.1, 0.15) is 12.8 Å². The Hall–Kier alpha value is -2.20. The van der Waals surface area contributed by atoms with E-state index in [1.165, 1.54) is 0 Å². The normalized spacial score (nSPS) is 13.5. The molecule has 1 fully saturated rings. The SMILES string of the molecule is COc1ccc(Cl)cc1Nc1ccc(NC(=O)C2CC2)cc1. The average Bonchev–Trinajstić information content (AvgIpc) is 3.34. The molecule has 0 unspecified atom stereocenters. The number of carbonyl (C=O) groups is 1. The predicted molar refractivity (Wildman–Crippen MR) is 89.1 cm³/mol. The van der Waals surface area contributed by atoms with Crippen molar-refractivity contribution in [3.8, 4) is 5.75 Å². The van der Waals surface area contributed by atoms with E-state index < -0.39 is 0 Å². The van der Waals surface area contributed by atoms with E-state index in [-0.39, 0.29) is 11.8 Å². The Balaban J connectivity index is 1.70. The fourth-order valence-electron chi connectivity index (χ4n) is 2.16. The van der Waals surface area contributed by atoms with Crippen LogP contribution in [-0.4, -0.2) is 13.0 Å². The highest BCUT2D eigenvalue weighted by Crippen LogP contribution is 2.32. The summed E-state index contributed by atoms with van der Waals surface area (Å²) < 4.78 is 5.30. The molecular formula is C17H17ClN2O2. The highest BCUT2D eigenvalue weighted by Gasteiger charge is 2.29. The highest BCUT2D eigenvalue weighted by molar-refractivity contribution is 6.31. The van der Waals surface area contributed by atoms with Crippen molar-refractivity contribution in [1.82, 2.24) is 0 Å². The van der Waals surface area contributed by atoms with E-state index >= 15 is 0 Å². The van der Waals surface area contributed by atoms with Crippen LogP contribution in [0.25, 0.3) is 0 Å². The molecule has 0 heterocycles. The summed E-state index contributed by atoms with van der Waals surface area (Å²) in [5, 5.41) is 6.81. The van der Waals surface area contributed by atoms with Gasteiger partial charge in [-0.2, -0.15) is 0 Å². The monoisotopic (exact) mass is 316 g/mol. The molecule has 0 aromatic heterocycles. The summed E-state index contributed by atoms with van der Waals surface area (Å²) >= 11 is 6.02. The summed E-state index contributed by atoms with van der Waals surface area (Å²) in [6.45, 7) is 0. The number of carbonyl (C=O) groups excluding carboxylic acids is 1. The Labute approximate surface area is 134 Å². The van der Waals surface area contributed by atoms with Crippen LogP contribution < -0.4 is 15.4 Å². The Morgan fingerprint density at radius 3 is 2.45 bits per heavy atom. The molecule has 22 heavy (non-hydrogen) atoms. The Kier molecular flexibility index (Phi) is 4.20. The second kappa shape index (κ2) is 6.28. The lowest BCUT2D eigenvalue weighted by molar-refractivity contribution is -0.117. The summed E-state index contributed by atoms with van der Waals surface area (Å²) in [6.07, 6.45) is 2.00. The van der Waals surface area contributed by atoms with Crippen molar-refractivity contribution in [3.05, 3.63) is 47.5 Å². The Bertz CT molecular complexity index is 682. The Morgan fingerprint density at radius 1 is 1.14 bits per heavy atom. The number of amides is 1. The molecule has 2 aromatic rings. The van der Waals surface area contributed by atoms with Crippen molar-refractivity contribution in [2.24, 2.45) is 5.92 Å². The Morgan fingerprint density at radius 2 is 1.82 bits per heavy atom. The molecule has 114 valence electrons. The van der Waals surface area contributed by atoms with Gasteiger partial charge in [0.25, 0.3) is 0 Å². The largest absolute Gasteiger partial charge is 0.495 e. The van der Waals surface area contributed by atoms with E-state index in [0.29, 0.717) is 5.02 Å². The summed E-state index contributed by atoms with van der Waals surface area (Å²) in [5.74, 6) is 1.03. The molecule has 0 radical (unpaired) electrons. The van der Waals surface area contributed by atoms with Crippen LogP contribution in [0.2, 0.25) is 5.02 Å². The lowest BCUT2D eigenvalue weighted by Gasteiger charge is -2.12. The minimum absolute atomic E-state index is 0.109. The summed E-state index contributed by atoms with van der Waals surface area (Å²) in [5.41, 5.74) is 2.50. The van der Waals surface area contributed by atoms with E-state index in [2.05, 4.69) is 10.6 Å². The number of benzene rings is 2. The molecule has 2 N–H and O–H groups in total. The zero-order valence-corrected chi connectivity index (χ0v) is 13.0. The van der Waals surface area contributed by atoms with Gasteiger partial charge in [-0.1, -0.05) is 11.6 Å². The van der Waals surface area contributed by atoms with Gasteiger partial charge >= 0.3 is 0 Å². The van der Waals surface area contributed by atoms with Crippen LogP contribution >= 0.6 is 11.6 Å². The molecule has 0 atom stereocenters. The lowest BCUT2D eigenvalue weighted by atomic mass is 10.2. The van der Waals surface area contributed by atoms with Gasteiger partial charge in [-0.05, 0) is 55.3 Å². The molecule has 1 amide bonds. The quantitative estimate of drug-likeness (QED) is 0.857. The number of nitrogens with one attached hydrogen (secondary N) is 2. The molecule has 4 nitrogen and oxygen atoms in total. The van der Waals surface area contributed by atoms with E-state index in [9.17, 15) is 4.79 Å². The first-order valence-electron chi connectivity index (χ1n) is 7.17. The molecular weight excluding hydrogens is 300 g/mol. The van der Waals surface area contributed by atoms with Crippen molar-refractivity contribution < 1.29 is 9.53 Å². The van der Waals surface area contributed by atoms with E-state index in [1.54, 1.807) is 13.2 Å². The number of hydrogen-bond donors (Lipinski definition) is 2. The average molecular weight is 317 g/mol. The predicted octanol–water partition coefficient (Wildman–Crippen LogP) is 4.44. The molecule has 0 bridgehead atoms. The van der Waals surface area contributed by atoms with E-state index in [4.69, 9.17) is 16.3 Å². The smallest absolute Gasteiger partial charge is 0.227 e. The third-order valence-electron chi connectivity index (χ3n) is 3.54. The van der Waals surface area contributed by atoms with Gasteiger partial charge in [-0.3, -0.25) is 4.79 Å². The second-order valence-electron chi connectivity index (χ2n) is 5.31. The molecule has 0 saturated heterocycles. The first-order valence-corrected chi connectivity index (χ1v) is 7.55. The minimum Gasteiger partial charge on any atom is -0.495 e. The fraction of sp³-hybridized carbons (Fsp3) is 0.235. The third-order valence-corrected chi connectivity index (χ3v) is 3.78. The van der Waals surface area contributed by atoms with Crippen LogP contribution in [0.4, 0.5) is 17.1 Å². The van der Waals surface area contributed by atoms with Crippen molar-refractivity contribution in [2.75, 3.05) is 17.7 Å². The topological polar surface area (TPSA) is 50.4 Å². The van der Waals surface area contributed by atoms with Crippen LogP contribution in [0.5, 0.6) is 5.75 Å². The summed E-state index contributed by atoms with van der Waals surface area (Å²) in [7, 11) is 1.62. The number of methoxy groups -OCH3 is 1. The minimum atomic E-state index is 0.109. The third kappa shape index (κ3) is 3.52. The van der Waals surface area contributed by atoms with Gasteiger partial charge in [0.05, 0.1) is 12.8 Å². The van der Waals surface area contributed by atoms with Crippen molar-refractivity contribution in [1.29, 1.82) is 0 Å². The molecule has 3 rings (SSSR count). The number of hydrogen-bond acceptors (Lipinski definition) is 3. The molecule has 1 aliphatic carbocycles.